The predicted octanol–water partition coefficient (Wildman–Crippen LogP) is 3.97. The van der Waals surface area contributed by atoms with Crippen LogP contribution in [0.25, 0.3) is 22.0 Å². The maximum atomic E-state index is 12.4. The molecule has 130 valence electrons. The van der Waals surface area contributed by atoms with Crippen molar-refractivity contribution in [1.82, 2.24) is 18.6 Å². The largest absolute Gasteiger partial charge is 0.287 e. The molecule has 25 heavy (non-hydrogen) atoms. The number of nitrogens with one attached hydrogen (secondary N) is 1. The third-order valence-electron chi connectivity index (χ3n) is 3.98. The zero-order valence-corrected chi connectivity index (χ0v) is 15.5. The maximum Gasteiger partial charge on any atom is 0.230 e. The Morgan fingerprint density at radius 3 is 2.64 bits per heavy atom. The lowest BCUT2D eigenvalue weighted by Crippen LogP contribution is -2.12. The number of carbonyl (C=O) groups excluding carboxylic acids is 1. The minimum absolute atomic E-state index is 0.100. The van der Waals surface area contributed by atoms with E-state index in [1.807, 2.05) is 43.7 Å². The molecule has 3 rings (SSSR count). The monoisotopic (exact) mass is 354 g/mol. The van der Waals surface area contributed by atoms with E-state index in [0.717, 1.165) is 27.6 Å². The topological polar surface area (TPSA) is 50.2 Å². The number of rotatable bonds is 6. The van der Waals surface area contributed by atoms with Crippen molar-refractivity contribution in [2.45, 2.75) is 19.9 Å². The standard InChI is InChI=1S/C19H22N4OS/c1-4-19(24)23-13-16(12-21-25-22(2)3)17-6-5-15(11-18(17)23)14-7-9-20-10-8-14/h5-11,13,21H,4,12H2,1-3H3. The van der Waals surface area contributed by atoms with Crippen LogP contribution in [0.2, 0.25) is 0 Å². The van der Waals surface area contributed by atoms with Crippen LogP contribution in [0.4, 0.5) is 0 Å². The molecular formula is C19H22N4OS. The number of fused-ring (bicyclic) bond motifs is 1. The van der Waals surface area contributed by atoms with Crippen LogP contribution < -0.4 is 4.72 Å². The molecule has 0 spiro atoms. The molecule has 0 aliphatic carbocycles. The van der Waals surface area contributed by atoms with E-state index in [1.54, 1.807) is 29.1 Å². The Bertz CT molecular complexity index is 874. The first-order chi connectivity index (χ1) is 12.1. The molecule has 6 heteroatoms. The highest BCUT2D eigenvalue weighted by atomic mass is 32.2. The summed E-state index contributed by atoms with van der Waals surface area (Å²) in [6, 6.07) is 10.2. The second kappa shape index (κ2) is 7.82. The van der Waals surface area contributed by atoms with E-state index in [9.17, 15) is 4.79 Å². The van der Waals surface area contributed by atoms with Crippen LogP contribution in [-0.4, -0.2) is 33.9 Å². The first kappa shape index (κ1) is 17.7. The Hall–Kier alpha value is -2.15. The molecule has 0 atom stereocenters. The lowest BCUT2D eigenvalue weighted by molar-refractivity contribution is 0.0914. The van der Waals surface area contributed by atoms with Crippen LogP contribution >= 0.6 is 12.1 Å². The minimum atomic E-state index is 0.100. The number of hydrogen-bond donors (Lipinski definition) is 1. The van der Waals surface area contributed by atoms with Crippen molar-refractivity contribution in [2.24, 2.45) is 0 Å². The predicted molar refractivity (Wildman–Crippen MR) is 104 cm³/mol. The Kier molecular flexibility index (Phi) is 5.53. The third kappa shape index (κ3) is 3.92. The average molecular weight is 354 g/mol. The summed E-state index contributed by atoms with van der Waals surface area (Å²) >= 11 is 1.54. The van der Waals surface area contributed by atoms with Gasteiger partial charge in [-0.3, -0.25) is 14.3 Å². The highest BCUT2D eigenvalue weighted by Crippen LogP contribution is 2.28. The number of aromatic nitrogens is 2. The summed E-state index contributed by atoms with van der Waals surface area (Å²) in [6.45, 7) is 2.58. The lowest BCUT2D eigenvalue weighted by atomic mass is 10.0. The first-order valence-electron chi connectivity index (χ1n) is 8.25. The van der Waals surface area contributed by atoms with E-state index in [1.165, 1.54) is 0 Å². The molecule has 1 N–H and O–H groups in total. The first-order valence-corrected chi connectivity index (χ1v) is 9.02. The van der Waals surface area contributed by atoms with Crippen LogP contribution in [0.5, 0.6) is 0 Å². The van der Waals surface area contributed by atoms with Gasteiger partial charge in [-0.2, -0.15) is 0 Å². The number of pyridine rings is 1. The summed E-state index contributed by atoms with van der Waals surface area (Å²) in [5, 5.41) is 1.10. The molecule has 0 aliphatic rings. The van der Waals surface area contributed by atoms with Crippen LogP contribution in [0, 0.1) is 0 Å². The molecule has 0 fully saturated rings. The van der Waals surface area contributed by atoms with Gasteiger partial charge in [0.2, 0.25) is 5.91 Å². The van der Waals surface area contributed by atoms with Gasteiger partial charge in [0.05, 0.1) is 5.52 Å². The van der Waals surface area contributed by atoms with Crippen LogP contribution in [0.3, 0.4) is 0 Å². The summed E-state index contributed by atoms with van der Waals surface area (Å²) < 4.78 is 7.09. The second-order valence-corrected chi connectivity index (χ2v) is 7.17. The highest BCUT2D eigenvalue weighted by molar-refractivity contribution is 7.95. The van der Waals surface area contributed by atoms with Crippen LogP contribution in [0.15, 0.2) is 48.9 Å². The zero-order valence-electron chi connectivity index (χ0n) is 14.7. The normalized spacial score (nSPS) is 11.4. The van der Waals surface area contributed by atoms with Gasteiger partial charge >= 0.3 is 0 Å². The van der Waals surface area contributed by atoms with Crippen molar-refractivity contribution in [2.75, 3.05) is 14.1 Å². The molecule has 0 radical (unpaired) electrons. The molecule has 0 unspecified atom stereocenters. The third-order valence-corrected chi connectivity index (χ3v) is 4.62. The summed E-state index contributed by atoms with van der Waals surface area (Å²) in [5.74, 6) is 0.100. The van der Waals surface area contributed by atoms with Gasteiger partial charge in [0.1, 0.15) is 0 Å². The molecule has 0 saturated heterocycles. The Labute approximate surface area is 152 Å². The van der Waals surface area contributed by atoms with Gasteiger partial charge in [0, 0.05) is 49.1 Å². The molecule has 3 aromatic rings. The quantitative estimate of drug-likeness (QED) is 0.679. The Morgan fingerprint density at radius 1 is 1.20 bits per heavy atom. The number of carbonyl (C=O) groups is 1. The number of nitrogens with zero attached hydrogens (tertiary/aromatic N) is 3. The van der Waals surface area contributed by atoms with Crippen molar-refractivity contribution in [3.8, 4) is 11.1 Å². The van der Waals surface area contributed by atoms with Crippen molar-refractivity contribution in [3.63, 3.8) is 0 Å². The molecule has 0 saturated carbocycles. The maximum absolute atomic E-state index is 12.4. The molecule has 1 aromatic carbocycles. The van der Waals surface area contributed by atoms with Crippen LogP contribution in [0.1, 0.15) is 23.7 Å². The molecular weight excluding hydrogens is 332 g/mol. The van der Waals surface area contributed by atoms with Crippen molar-refractivity contribution in [1.29, 1.82) is 0 Å². The Balaban J connectivity index is 2.03. The van der Waals surface area contributed by atoms with Gasteiger partial charge < -0.3 is 0 Å². The highest BCUT2D eigenvalue weighted by Gasteiger charge is 2.13. The number of benzene rings is 1. The zero-order chi connectivity index (χ0) is 17.8. The van der Waals surface area contributed by atoms with E-state index in [0.29, 0.717) is 13.0 Å². The Morgan fingerprint density at radius 2 is 1.96 bits per heavy atom. The van der Waals surface area contributed by atoms with Gasteiger partial charge in [0.15, 0.2) is 0 Å². The van der Waals surface area contributed by atoms with Gasteiger partial charge in [0.25, 0.3) is 0 Å². The van der Waals surface area contributed by atoms with Gasteiger partial charge in [-0.05, 0) is 49.0 Å². The summed E-state index contributed by atoms with van der Waals surface area (Å²) in [6.07, 6.45) is 5.99. The van der Waals surface area contributed by atoms with E-state index in [4.69, 9.17) is 0 Å². The molecule has 2 heterocycles. The van der Waals surface area contributed by atoms with E-state index < -0.39 is 0 Å². The van der Waals surface area contributed by atoms with E-state index >= 15 is 0 Å². The smallest absolute Gasteiger partial charge is 0.230 e. The molecule has 0 amide bonds. The lowest BCUT2D eigenvalue weighted by Gasteiger charge is -2.08. The van der Waals surface area contributed by atoms with Crippen molar-refractivity contribution in [3.05, 3.63) is 54.5 Å². The molecule has 0 bridgehead atoms. The van der Waals surface area contributed by atoms with E-state index in [2.05, 4.69) is 27.9 Å². The SMILES string of the molecule is CCC(=O)n1cc(CNSN(C)C)c2ccc(-c3ccncc3)cc21. The minimum Gasteiger partial charge on any atom is -0.287 e. The fourth-order valence-electron chi connectivity index (χ4n) is 2.78. The van der Waals surface area contributed by atoms with Gasteiger partial charge in [-0.25, -0.2) is 9.03 Å². The molecule has 2 aromatic heterocycles. The van der Waals surface area contributed by atoms with Crippen LogP contribution in [-0.2, 0) is 6.54 Å². The number of hydrogen-bond acceptors (Lipinski definition) is 5. The fourth-order valence-corrected chi connectivity index (χ4v) is 3.26. The summed E-state index contributed by atoms with van der Waals surface area (Å²) in [4.78, 5) is 16.5. The summed E-state index contributed by atoms with van der Waals surface area (Å²) in [5.41, 5.74) is 4.25. The molecule has 0 aliphatic heterocycles. The average Bonchev–Trinajstić information content (AvgIpc) is 2.99. The van der Waals surface area contributed by atoms with Crippen molar-refractivity contribution >= 4 is 28.9 Å². The van der Waals surface area contributed by atoms with Gasteiger partial charge in [-0.15, -0.1) is 0 Å². The van der Waals surface area contributed by atoms with Crippen molar-refractivity contribution < 1.29 is 4.79 Å². The van der Waals surface area contributed by atoms with E-state index in [-0.39, 0.29) is 5.91 Å². The second-order valence-electron chi connectivity index (χ2n) is 5.96. The van der Waals surface area contributed by atoms with Gasteiger partial charge in [-0.1, -0.05) is 19.1 Å². The fraction of sp³-hybridized carbons (Fsp3) is 0.263. The molecule has 5 nitrogen and oxygen atoms in total. The summed E-state index contributed by atoms with van der Waals surface area (Å²) in [7, 11) is 3.98.